The first-order valence-corrected chi connectivity index (χ1v) is 7.75. The molecule has 2 N–H and O–H groups in total. The number of amides is 1. The SMILES string of the molecule is O=C(/C=C/c1cccs1)NCCc1c[nH]c2ccccc12. The van der Waals surface area contributed by atoms with Gasteiger partial charge in [0.05, 0.1) is 0 Å². The van der Waals surface area contributed by atoms with Gasteiger partial charge in [-0.15, -0.1) is 11.3 Å². The van der Waals surface area contributed by atoms with Crippen LogP contribution in [0.1, 0.15) is 10.4 Å². The third-order valence-electron chi connectivity index (χ3n) is 3.31. The summed E-state index contributed by atoms with van der Waals surface area (Å²) in [5.74, 6) is -0.0526. The summed E-state index contributed by atoms with van der Waals surface area (Å²) >= 11 is 1.62. The van der Waals surface area contributed by atoms with Gasteiger partial charge in [0, 0.05) is 34.6 Å². The zero-order chi connectivity index (χ0) is 14.5. The molecule has 2 aromatic heterocycles. The molecule has 0 saturated carbocycles. The molecule has 0 atom stereocenters. The van der Waals surface area contributed by atoms with Crippen LogP contribution in [0, 0.1) is 0 Å². The average Bonchev–Trinajstić information content (AvgIpc) is 3.15. The quantitative estimate of drug-likeness (QED) is 0.694. The third kappa shape index (κ3) is 3.41. The molecule has 0 spiro atoms. The van der Waals surface area contributed by atoms with Crippen molar-refractivity contribution in [3.05, 3.63) is 64.5 Å². The lowest BCUT2D eigenvalue weighted by molar-refractivity contribution is -0.116. The minimum absolute atomic E-state index is 0.0526. The first-order chi connectivity index (χ1) is 10.3. The summed E-state index contributed by atoms with van der Waals surface area (Å²) in [7, 11) is 0. The molecule has 0 aliphatic heterocycles. The van der Waals surface area contributed by atoms with E-state index in [0.717, 1.165) is 16.8 Å². The fourth-order valence-electron chi connectivity index (χ4n) is 2.26. The largest absolute Gasteiger partial charge is 0.361 e. The van der Waals surface area contributed by atoms with E-state index in [1.54, 1.807) is 17.4 Å². The van der Waals surface area contributed by atoms with Gasteiger partial charge < -0.3 is 10.3 Å². The molecular formula is C17H16N2OS. The number of hydrogen-bond donors (Lipinski definition) is 2. The molecule has 1 amide bonds. The predicted molar refractivity (Wildman–Crippen MR) is 88.4 cm³/mol. The van der Waals surface area contributed by atoms with Crippen molar-refractivity contribution in [2.24, 2.45) is 0 Å². The van der Waals surface area contributed by atoms with E-state index in [1.807, 2.05) is 41.9 Å². The van der Waals surface area contributed by atoms with Gasteiger partial charge in [0.25, 0.3) is 0 Å². The van der Waals surface area contributed by atoms with Gasteiger partial charge in [0.1, 0.15) is 0 Å². The number of H-pyrrole nitrogens is 1. The van der Waals surface area contributed by atoms with Crippen molar-refractivity contribution in [1.29, 1.82) is 0 Å². The fourth-order valence-corrected chi connectivity index (χ4v) is 2.88. The van der Waals surface area contributed by atoms with Crippen molar-refractivity contribution in [2.75, 3.05) is 6.54 Å². The highest BCUT2D eigenvalue weighted by Gasteiger charge is 2.03. The van der Waals surface area contributed by atoms with Crippen LogP contribution in [0.15, 0.2) is 54.1 Å². The summed E-state index contributed by atoms with van der Waals surface area (Å²) in [6.07, 6.45) is 6.26. The Bertz CT molecular complexity index is 756. The van der Waals surface area contributed by atoms with Gasteiger partial charge in [-0.05, 0) is 35.6 Å². The molecule has 4 heteroatoms. The number of thiophene rings is 1. The standard InChI is InChI=1S/C17H16N2OS/c20-17(8-7-14-4-3-11-21-14)18-10-9-13-12-19-16-6-2-1-5-15(13)16/h1-8,11-12,19H,9-10H2,(H,18,20)/b8-7+. The van der Waals surface area contributed by atoms with E-state index in [2.05, 4.69) is 22.4 Å². The number of hydrogen-bond acceptors (Lipinski definition) is 2. The van der Waals surface area contributed by atoms with Crippen molar-refractivity contribution in [3.8, 4) is 0 Å². The van der Waals surface area contributed by atoms with Gasteiger partial charge in [-0.25, -0.2) is 0 Å². The van der Waals surface area contributed by atoms with Crippen molar-refractivity contribution in [3.63, 3.8) is 0 Å². The number of nitrogens with one attached hydrogen (secondary N) is 2. The van der Waals surface area contributed by atoms with Gasteiger partial charge >= 0.3 is 0 Å². The molecule has 1 aromatic carbocycles. The zero-order valence-electron chi connectivity index (χ0n) is 11.5. The Hall–Kier alpha value is -2.33. The van der Waals surface area contributed by atoms with E-state index < -0.39 is 0 Å². The Kier molecular flexibility index (Phi) is 4.17. The van der Waals surface area contributed by atoms with Crippen LogP contribution in [-0.4, -0.2) is 17.4 Å². The van der Waals surface area contributed by atoms with E-state index in [1.165, 1.54) is 10.9 Å². The molecule has 3 nitrogen and oxygen atoms in total. The van der Waals surface area contributed by atoms with Crippen LogP contribution in [0.5, 0.6) is 0 Å². The minimum Gasteiger partial charge on any atom is -0.361 e. The minimum atomic E-state index is -0.0526. The summed E-state index contributed by atoms with van der Waals surface area (Å²) in [4.78, 5) is 16.1. The lowest BCUT2D eigenvalue weighted by Crippen LogP contribution is -2.23. The van der Waals surface area contributed by atoms with Gasteiger partial charge in [0.15, 0.2) is 0 Å². The summed E-state index contributed by atoms with van der Waals surface area (Å²) in [5.41, 5.74) is 2.37. The highest BCUT2D eigenvalue weighted by Crippen LogP contribution is 2.17. The topological polar surface area (TPSA) is 44.9 Å². The molecule has 21 heavy (non-hydrogen) atoms. The number of carbonyl (C=O) groups excluding carboxylic acids is 1. The first-order valence-electron chi connectivity index (χ1n) is 6.87. The van der Waals surface area contributed by atoms with Crippen molar-refractivity contribution in [1.82, 2.24) is 10.3 Å². The summed E-state index contributed by atoms with van der Waals surface area (Å²) in [6.45, 7) is 0.634. The van der Waals surface area contributed by atoms with Crippen molar-refractivity contribution in [2.45, 2.75) is 6.42 Å². The van der Waals surface area contributed by atoms with E-state index >= 15 is 0 Å². The second kappa shape index (κ2) is 6.41. The molecule has 0 radical (unpaired) electrons. The van der Waals surface area contributed by atoms with Crippen LogP contribution in [0.3, 0.4) is 0 Å². The number of para-hydroxylation sites is 1. The maximum Gasteiger partial charge on any atom is 0.244 e. The molecular weight excluding hydrogens is 280 g/mol. The molecule has 2 heterocycles. The summed E-state index contributed by atoms with van der Waals surface area (Å²) in [6, 6.07) is 12.2. The van der Waals surface area contributed by atoms with E-state index in [4.69, 9.17) is 0 Å². The van der Waals surface area contributed by atoms with Gasteiger partial charge in [-0.3, -0.25) is 4.79 Å². The van der Waals surface area contributed by atoms with Crippen molar-refractivity contribution < 1.29 is 4.79 Å². The Balaban J connectivity index is 1.53. The van der Waals surface area contributed by atoms with Crippen molar-refractivity contribution >= 4 is 34.2 Å². The highest BCUT2D eigenvalue weighted by molar-refractivity contribution is 7.10. The Morgan fingerprint density at radius 3 is 3.00 bits per heavy atom. The number of fused-ring (bicyclic) bond motifs is 1. The van der Waals surface area contributed by atoms with Crippen LogP contribution < -0.4 is 5.32 Å². The number of carbonyl (C=O) groups is 1. The molecule has 0 bridgehead atoms. The van der Waals surface area contributed by atoms with Gasteiger partial charge in [-0.1, -0.05) is 24.3 Å². The molecule has 0 fully saturated rings. The van der Waals surface area contributed by atoms with Crippen LogP contribution in [0.4, 0.5) is 0 Å². The molecule has 3 aromatic rings. The normalized spacial score (nSPS) is 11.2. The second-order valence-electron chi connectivity index (χ2n) is 4.75. The molecule has 0 aliphatic rings. The van der Waals surface area contributed by atoms with E-state index in [0.29, 0.717) is 6.54 Å². The van der Waals surface area contributed by atoms with Crippen LogP contribution >= 0.6 is 11.3 Å². The molecule has 0 aliphatic carbocycles. The van der Waals surface area contributed by atoms with Crippen LogP contribution in [0.25, 0.3) is 17.0 Å². The van der Waals surface area contributed by atoms with Gasteiger partial charge in [-0.2, -0.15) is 0 Å². The predicted octanol–water partition coefficient (Wildman–Crippen LogP) is 3.60. The maximum atomic E-state index is 11.7. The fraction of sp³-hybridized carbons (Fsp3) is 0.118. The summed E-state index contributed by atoms with van der Waals surface area (Å²) < 4.78 is 0. The Labute approximate surface area is 127 Å². The average molecular weight is 296 g/mol. The lowest BCUT2D eigenvalue weighted by atomic mass is 10.1. The first kappa shape index (κ1) is 13.6. The monoisotopic (exact) mass is 296 g/mol. The Morgan fingerprint density at radius 1 is 1.24 bits per heavy atom. The molecule has 0 saturated heterocycles. The number of aromatic amines is 1. The summed E-state index contributed by atoms with van der Waals surface area (Å²) in [5, 5.41) is 6.13. The molecule has 106 valence electrons. The molecule has 3 rings (SSSR count). The number of rotatable bonds is 5. The second-order valence-corrected chi connectivity index (χ2v) is 5.73. The van der Waals surface area contributed by atoms with E-state index in [9.17, 15) is 4.79 Å². The van der Waals surface area contributed by atoms with Crippen LogP contribution in [-0.2, 0) is 11.2 Å². The smallest absolute Gasteiger partial charge is 0.244 e. The maximum absolute atomic E-state index is 11.7. The zero-order valence-corrected chi connectivity index (χ0v) is 12.3. The third-order valence-corrected chi connectivity index (χ3v) is 4.15. The van der Waals surface area contributed by atoms with Crippen LogP contribution in [0.2, 0.25) is 0 Å². The highest BCUT2D eigenvalue weighted by atomic mass is 32.1. The van der Waals surface area contributed by atoms with Gasteiger partial charge in [0.2, 0.25) is 5.91 Å². The Morgan fingerprint density at radius 2 is 2.14 bits per heavy atom. The number of aromatic nitrogens is 1. The van der Waals surface area contributed by atoms with E-state index in [-0.39, 0.29) is 5.91 Å². The number of benzene rings is 1. The lowest BCUT2D eigenvalue weighted by Gasteiger charge is -2.01. The molecule has 0 unspecified atom stereocenters.